The van der Waals surface area contributed by atoms with E-state index in [1.165, 1.54) is 0 Å². The average Bonchev–Trinajstić information content (AvgIpc) is 3.30. The first kappa shape index (κ1) is 30.5. The van der Waals surface area contributed by atoms with Crippen LogP contribution in [0.1, 0.15) is 55.5 Å². The maximum Gasteiger partial charge on any atom is 0.298 e. The Morgan fingerprint density at radius 1 is 1.18 bits per heavy atom. The third-order valence-electron chi connectivity index (χ3n) is 6.26. The number of nitrogens with two attached hydrogens (primary N) is 1. The van der Waals surface area contributed by atoms with E-state index in [1.807, 2.05) is 56.7 Å². The highest BCUT2D eigenvalue weighted by Crippen LogP contribution is 2.30. The van der Waals surface area contributed by atoms with Gasteiger partial charge in [0.1, 0.15) is 18.2 Å². The van der Waals surface area contributed by atoms with Crippen LogP contribution in [0.15, 0.2) is 75.7 Å². The van der Waals surface area contributed by atoms with Crippen molar-refractivity contribution in [3.8, 4) is 0 Å². The molecule has 0 radical (unpaired) electrons. The van der Waals surface area contributed by atoms with Crippen molar-refractivity contribution in [2.45, 2.75) is 46.6 Å². The van der Waals surface area contributed by atoms with Gasteiger partial charge in [-0.15, -0.1) is 0 Å². The first-order chi connectivity index (χ1) is 19.0. The van der Waals surface area contributed by atoms with E-state index in [1.54, 1.807) is 43.9 Å². The molecule has 1 amide bonds. The fraction of sp³-hybridized carbons (Fsp3) is 0.310. The quantitative estimate of drug-likeness (QED) is 0.114. The topological polar surface area (TPSA) is 145 Å². The van der Waals surface area contributed by atoms with E-state index in [0.717, 1.165) is 45.4 Å². The molecule has 0 fully saturated rings. The Kier molecular flexibility index (Phi) is 10.5. The third kappa shape index (κ3) is 8.45. The molecule has 40 heavy (non-hydrogen) atoms. The summed E-state index contributed by atoms with van der Waals surface area (Å²) in [5.41, 5.74) is 5.54. The molecule has 0 aliphatic heterocycles. The molecule has 0 saturated carbocycles. The number of hydrogen-bond acceptors (Lipinski definition) is 8. The van der Waals surface area contributed by atoms with Crippen LogP contribution in [-0.4, -0.2) is 34.3 Å². The number of carbonyl (C=O) groups excluding carboxylic acids is 1. The summed E-state index contributed by atoms with van der Waals surface area (Å²) in [4.78, 5) is 18.5. The largest absolute Gasteiger partial charge is 0.501 e. The number of anilines is 1. The molecule has 2 aromatic carbocycles. The summed E-state index contributed by atoms with van der Waals surface area (Å²) in [6.07, 6.45) is 8.55. The number of nitrogens with zero attached hydrogens (tertiary/aromatic N) is 1. The zero-order chi connectivity index (χ0) is 29.3. The molecule has 0 saturated heterocycles. The van der Waals surface area contributed by atoms with Gasteiger partial charge in [-0.1, -0.05) is 37.2 Å². The highest BCUT2D eigenvalue weighted by molar-refractivity contribution is 7.87. The minimum Gasteiger partial charge on any atom is -0.501 e. The fourth-order valence-electron chi connectivity index (χ4n) is 3.91. The summed E-state index contributed by atoms with van der Waals surface area (Å²) < 4.78 is 36.0. The highest BCUT2D eigenvalue weighted by atomic mass is 32.2. The van der Waals surface area contributed by atoms with Crippen molar-refractivity contribution in [2.75, 3.05) is 19.0 Å². The van der Waals surface area contributed by atoms with Gasteiger partial charge in [0, 0.05) is 11.1 Å². The van der Waals surface area contributed by atoms with Gasteiger partial charge in [-0.25, -0.2) is 9.86 Å². The molecule has 214 valence electrons. The molecule has 1 atom stereocenters. The van der Waals surface area contributed by atoms with E-state index < -0.39 is 22.2 Å². The maximum absolute atomic E-state index is 13.0. The number of hydrogen-bond donors (Lipinski definition) is 3. The summed E-state index contributed by atoms with van der Waals surface area (Å²) in [6.45, 7) is 8.14. The van der Waals surface area contributed by atoms with Gasteiger partial charge >= 0.3 is 0 Å². The van der Waals surface area contributed by atoms with Crippen LogP contribution >= 0.6 is 0 Å². The van der Waals surface area contributed by atoms with Crippen LogP contribution in [0, 0.1) is 6.92 Å². The summed E-state index contributed by atoms with van der Waals surface area (Å²) in [5.74, 6) is -0.00474. The molecule has 11 heteroatoms. The number of fused-ring (bicyclic) bond motifs is 1. The maximum atomic E-state index is 13.0. The first-order valence-corrected chi connectivity index (χ1v) is 14.4. The van der Waals surface area contributed by atoms with Crippen LogP contribution in [0.4, 0.5) is 5.69 Å². The predicted octanol–water partition coefficient (Wildman–Crippen LogP) is 5.01. The second-order valence-electron chi connectivity index (χ2n) is 9.21. The van der Waals surface area contributed by atoms with Crippen molar-refractivity contribution in [3.63, 3.8) is 0 Å². The number of rotatable bonds is 13. The lowest BCUT2D eigenvalue weighted by Crippen LogP contribution is -2.41. The van der Waals surface area contributed by atoms with E-state index in [2.05, 4.69) is 10.5 Å². The Labute approximate surface area is 235 Å². The monoisotopic (exact) mass is 568 g/mol. The number of oxime groups is 1. The van der Waals surface area contributed by atoms with Crippen molar-refractivity contribution < 1.29 is 27.2 Å². The Balaban J connectivity index is 1.79. The number of benzene rings is 2. The Hall–Kier alpha value is -4.09. The zero-order valence-corrected chi connectivity index (χ0v) is 24.2. The van der Waals surface area contributed by atoms with Gasteiger partial charge < -0.3 is 19.3 Å². The van der Waals surface area contributed by atoms with Gasteiger partial charge in [0.05, 0.1) is 25.3 Å². The number of nitrogens with one attached hydrogen (secondary N) is 2. The lowest BCUT2D eigenvalue weighted by molar-refractivity contribution is -0.120. The molecule has 0 aliphatic rings. The van der Waals surface area contributed by atoms with Crippen molar-refractivity contribution in [3.05, 3.63) is 88.4 Å². The van der Waals surface area contributed by atoms with Crippen LogP contribution in [0.3, 0.4) is 0 Å². The van der Waals surface area contributed by atoms with Gasteiger partial charge in [0.15, 0.2) is 0 Å². The van der Waals surface area contributed by atoms with Crippen LogP contribution < -0.4 is 15.2 Å². The highest BCUT2D eigenvalue weighted by Gasteiger charge is 2.25. The Bertz CT molecular complexity index is 1520. The predicted molar refractivity (Wildman–Crippen MR) is 157 cm³/mol. The Morgan fingerprint density at radius 2 is 1.90 bits per heavy atom. The summed E-state index contributed by atoms with van der Waals surface area (Å²) >= 11 is 0. The van der Waals surface area contributed by atoms with Crippen molar-refractivity contribution in [2.24, 2.45) is 10.3 Å². The molecule has 0 aliphatic carbocycles. The summed E-state index contributed by atoms with van der Waals surface area (Å²) in [5, 5.41) is 13.1. The molecule has 4 N–H and O–H groups in total. The molecule has 0 bridgehead atoms. The number of methoxy groups -OCH3 is 1. The summed E-state index contributed by atoms with van der Waals surface area (Å²) in [6, 6.07) is 9.72. The van der Waals surface area contributed by atoms with Crippen molar-refractivity contribution in [1.82, 2.24) is 4.72 Å². The van der Waals surface area contributed by atoms with Crippen LogP contribution in [0.5, 0.6) is 0 Å². The molecule has 1 aromatic heterocycles. The second-order valence-corrected chi connectivity index (χ2v) is 10.5. The minimum atomic E-state index is -4.26. The number of amides is 1. The third-order valence-corrected chi connectivity index (χ3v) is 6.75. The molecule has 3 rings (SSSR count). The number of aryl methyl sites for hydroxylation is 2. The molecule has 1 unspecified atom stereocenters. The fourth-order valence-corrected chi connectivity index (χ4v) is 4.31. The number of carbonyl (C=O) groups is 1. The van der Waals surface area contributed by atoms with E-state index in [4.69, 9.17) is 19.1 Å². The molecule has 0 spiro atoms. The van der Waals surface area contributed by atoms with E-state index in [-0.39, 0.29) is 0 Å². The normalized spacial score (nSPS) is 13.4. The zero-order valence-electron chi connectivity index (χ0n) is 23.4. The van der Waals surface area contributed by atoms with Gasteiger partial charge in [-0.3, -0.25) is 4.79 Å². The van der Waals surface area contributed by atoms with Crippen LogP contribution in [0.2, 0.25) is 0 Å². The van der Waals surface area contributed by atoms with Crippen molar-refractivity contribution in [1.29, 1.82) is 0 Å². The summed E-state index contributed by atoms with van der Waals surface area (Å²) in [7, 11) is -2.64. The van der Waals surface area contributed by atoms with E-state index in [9.17, 15) is 13.2 Å². The van der Waals surface area contributed by atoms with E-state index in [0.29, 0.717) is 24.3 Å². The van der Waals surface area contributed by atoms with Gasteiger partial charge in [0.2, 0.25) is 0 Å². The smallest absolute Gasteiger partial charge is 0.298 e. The van der Waals surface area contributed by atoms with Gasteiger partial charge in [0.25, 0.3) is 16.1 Å². The number of allylic oxidation sites excluding steroid dienone is 3. The molecular weight excluding hydrogens is 532 g/mol. The van der Waals surface area contributed by atoms with Gasteiger partial charge in [-0.2, -0.15) is 8.42 Å². The number of ether oxygens (including phenoxy) is 1. The SMILES string of the molecule is CC/C(=C\C=C(/C)OC)CO/N=C\c1ccc(NC(C(=O)NS(N)(=O)=O)c2cc(CC)c3occ(C)c3c2)cc1. The molecule has 3 aromatic rings. The van der Waals surface area contributed by atoms with Crippen LogP contribution in [-0.2, 0) is 31.0 Å². The second kappa shape index (κ2) is 13.8. The molecular formula is C29H36N4O6S. The Morgan fingerprint density at radius 3 is 2.52 bits per heavy atom. The first-order valence-electron chi connectivity index (χ1n) is 12.8. The lowest BCUT2D eigenvalue weighted by atomic mass is 9.98. The molecule has 10 nitrogen and oxygen atoms in total. The molecule has 1 heterocycles. The standard InChI is InChI=1S/C29H36N4O6S/c1-6-21(9-8-20(4)37-5)18-39-31-16-22-10-12-25(13-11-22)32-27(29(34)33-40(30,35)36)24-14-23(7-2)28-26(15-24)19(3)17-38-28/h8-17,27,32H,6-7,18H2,1-5H3,(H,33,34)(H2,30,35,36)/b20-8+,21-9+,31-16-. The van der Waals surface area contributed by atoms with Crippen LogP contribution in [0.25, 0.3) is 11.0 Å². The van der Waals surface area contributed by atoms with Gasteiger partial charge in [-0.05, 0) is 84.9 Å². The number of furan rings is 1. The minimum absolute atomic E-state index is 0.348. The van der Waals surface area contributed by atoms with E-state index >= 15 is 0 Å². The van der Waals surface area contributed by atoms with Crippen molar-refractivity contribution >= 4 is 39.0 Å². The average molecular weight is 569 g/mol. The lowest BCUT2D eigenvalue weighted by Gasteiger charge is -2.20.